The van der Waals surface area contributed by atoms with Crippen LogP contribution in [-0.4, -0.2) is 19.5 Å². The fourth-order valence-corrected chi connectivity index (χ4v) is 3.85. The standard InChI is InChI=1S/C25H20BrN5/c1-17(18-5-3-2-4-6-18)29-25-27-14-13-24(30-25)31-16-28-22-15-20(9-12-23(22)31)19-7-10-21(26)11-8-19/h2-17H,1H3,(H,27,29,30). The monoisotopic (exact) mass is 469 g/mol. The Morgan fingerprint density at radius 3 is 2.45 bits per heavy atom. The van der Waals surface area contributed by atoms with Crippen LogP contribution in [0.1, 0.15) is 18.5 Å². The topological polar surface area (TPSA) is 55.6 Å². The van der Waals surface area contributed by atoms with Crippen molar-refractivity contribution in [1.29, 1.82) is 0 Å². The molecule has 0 bridgehead atoms. The summed E-state index contributed by atoms with van der Waals surface area (Å²) in [5, 5.41) is 3.38. The lowest BCUT2D eigenvalue weighted by atomic mass is 10.1. The van der Waals surface area contributed by atoms with E-state index < -0.39 is 0 Å². The van der Waals surface area contributed by atoms with Gasteiger partial charge in [0, 0.05) is 10.7 Å². The largest absolute Gasteiger partial charge is 0.348 e. The zero-order valence-electron chi connectivity index (χ0n) is 16.9. The number of halogens is 1. The van der Waals surface area contributed by atoms with Crippen LogP contribution in [0.5, 0.6) is 0 Å². The van der Waals surface area contributed by atoms with Gasteiger partial charge in [-0.15, -0.1) is 0 Å². The molecule has 152 valence electrons. The first-order chi connectivity index (χ1) is 15.2. The molecular formula is C25H20BrN5. The molecule has 5 rings (SSSR count). The van der Waals surface area contributed by atoms with Crippen LogP contribution in [0.15, 0.2) is 95.9 Å². The number of rotatable bonds is 5. The van der Waals surface area contributed by atoms with Crippen LogP contribution in [0.4, 0.5) is 5.95 Å². The Hall–Kier alpha value is -3.51. The number of nitrogens with zero attached hydrogens (tertiary/aromatic N) is 4. The molecule has 0 spiro atoms. The number of hydrogen-bond acceptors (Lipinski definition) is 4. The van der Waals surface area contributed by atoms with Gasteiger partial charge < -0.3 is 5.32 Å². The van der Waals surface area contributed by atoms with E-state index in [-0.39, 0.29) is 6.04 Å². The van der Waals surface area contributed by atoms with Gasteiger partial charge in [0.05, 0.1) is 17.1 Å². The Morgan fingerprint density at radius 1 is 0.871 bits per heavy atom. The molecule has 3 aromatic carbocycles. The first-order valence-electron chi connectivity index (χ1n) is 10.1. The van der Waals surface area contributed by atoms with Crippen LogP contribution in [-0.2, 0) is 0 Å². The van der Waals surface area contributed by atoms with Crippen molar-refractivity contribution in [3.8, 4) is 16.9 Å². The van der Waals surface area contributed by atoms with E-state index in [0.29, 0.717) is 5.95 Å². The number of nitrogens with one attached hydrogen (secondary N) is 1. The van der Waals surface area contributed by atoms with E-state index in [1.54, 1.807) is 6.20 Å². The minimum atomic E-state index is 0.101. The first-order valence-corrected chi connectivity index (χ1v) is 10.8. The smallest absolute Gasteiger partial charge is 0.225 e. The molecule has 0 saturated heterocycles. The number of benzene rings is 3. The molecule has 0 aliphatic carbocycles. The van der Waals surface area contributed by atoms with Gasteiger partial charge in [0.2, 0.25) is 5.95 Å². The van der Waals surface area contributed by atoms with Crippen molar-refractivity contribution < 1.29 is 0 Å². The summed E-state index contributed by atoms with van der Waals surface area (Å²) < 4.78 is 3.05. The van der Waals surface area contributed by atoms with E-state index in [0.717, 1.165) is 32.5 Å². The fourth-order valence-electron chi connectivity index (χ4n) is 3.59. The van der Waals surface area contributed by atoms with Crippen molar-refractivity contribution >= 4 is 32.9 Å². The van der Waals surface area contributed by atoms with Gasteiger partial charge in [-0.25, -0.2) is 9.97 Å². The average molecular weight is 470 g/mol. The highest BCUT2D eigenvalue weighted by molar-refractivity contribution is 9.10. The Morgan fingerprint density at radius 2 is 1.65 bits per heavy atom. The van der Waals surface area contributed by atoms with Crippen molar-refractivity contribution in [3.63, 3.8) is 0 Å². The van der Waals surface area contributed by atoms with Crippen molar-refractivity contribution in [3.05, 3.63) is 101 Å². The summed E-state index contributed by atoms with van der Waals surface area (Å²) in [4.78, 5) is 13.7. The molecule has 0 aliphatic heterocycles. The number of hydrogen-bond donors (Lipinski definition) is 1. The summed E-state index contributed by atoms with van der Waals surface area (Å²) in [7, 11) is 0. The van der Waals surface area contributed by atoms with Crippen molar-refractivity contribution in [2.45, 2.75) is 13.0 Å². The van der Waals surface area contributed by atoms with Crippen molar-refractivity contribution in [1.82, 2.24) is 19.5 Å². The van der Waals surface area contributed by atoms with Gasteiger partial charge in [-0.2, -0.15) is 4.98 Å². The molecule has 0 radical (unpaired) electrons. The summed E-state index contributed by atoms with van der Waals surface area (Å²) in [5.74, 6) is 1.36. The number of imidazole rings is 1. The lowest BCUT2D eigenvalue weighted by molar-refractivity contribution is 0.854. The van der Waals surface area contributed by atoms with Crippen LogP contribution in [0.2, 0.25) is 0 Å². The van der Waals surface area contributed by atoms with Crippen molar-refractivity contribution in [2.24, 2.45) is 0 Å². The highest BCUT2D eigenvalue weighted by atomic mass is 79.9. The van der Waals surface area contributed by atoms with Gasteiger partial charge in [-0.05, 0) is 53.9 Å². The lowest BCUT2D eigenvalue weighted by Gasteiger charge is -2.14. The lowest BCUT2D eigenvalue weighted by Crippen LogP contribution is -2.10. The average Bonchev–Trinajstić information content (AvgIpc) is 3.24. The second-order valence-corrected chi connectivity index (χ2v) is 8.26. The Kier molecular flexibility index (Phi) is 5.22. The molecule has 2 heterocycles. The van der Waals surface area contributed by atoms with E-state index >= 15 is 0 Å². The fraction of sp³-hybridized carbons (Fsp3) is 0.0800. The third kappa shape index (κ3) is 4.07. The maximum atomic E-state index is 4.72. The molecule has 1 N–H and O–H groups in total. The van der Waals surface area contributed by atoms with Crippen LogP contribution >= 0.6 is 15.9 Å². The molecular weight excluding hydrogens is 450 g/mol. The zero-order chi connectivity index (χ0) is 21.2. The van der Waals surface area contributed by atoms with Gasteiger partial charge in [0.25, 0.3) is 0 Å². The highest BCUT2D eigenvalue weighted by Crippen LogP contribution is 2.26. The molecule has 1 unspecified atom stereocenters. The third-order valence-corrected chi connectivity index (χ3v) is 5.79. The Balaban J connectivity index is 1.44. The summed E-state index contributed by atoms with van der Waals surface area (Å²) >= 11 is 3.49. The molecule has 31 heavy (non-hydrogen) atoms. The highest BCUT2D eigenvalue weighted by Gasteiger charge is 2.11. The molecule has 1 atom stereocenters. The van der Waals surface area contributed by atoms with Gasteiger partial charge in [-0.1, -0.05) is 64.5 Å². The third-order valence-electron chi connectivity index (χ3n) is 5.26. The van der Waals surface area contributed by atoms with Gasteiger partial charge >= 0.3 is 0 Å². The number of aromatic nitrogens is 4. The maximum Gasteiger partial charge on any atom is 0.225 e. The molecule has 5 aromatic rings. The quantitative estimate of drug-likeness (QED) is 0.322. The maximum absolute atomic E-state index is 4.72. The molecule has 0 fully saturated rings. The summed E-state index contributed by atoms with van der Waals surface area (Å²) in [6, 6.07) is 26.8. The SMILES string of the molecule is CC(Nc1nccc(-n2cnc3cc(-c4ccc(Br)cc4)ccc32)n1)c1ccccc1. The van der Waals surface area contributed by atoms with Gasteiger partial charge in [-0.3, -0.25) is 4.57 Å². The van der Waals surface area contributed by atoms with E-state index in [1.165, 1.54) is 5.56 Å². The first kappa shape index (κ1) is 19.5. The minimum Gasteiger partial charge on any atom is -0.348 e. The van der Waals surface area contributed by atoms with Crippen LogP contribution in [0.25, 0.3) is 28.0 Å². The second-order valence-electron chi connectivity index (χ2n) is 7.34. The molecule has 0 aliphatic rings. The van der Waals surface area contributed by atoms with Crippen molar-refractivity contribution in [2.75, 3.05) is 5.32 Å². The minimum absolute atomic E-state index is 0.101. The Bertz CT molecular complexity index is 1330. The molecule has 0 saturated carbocycles. The summed E-state index contributed by atoms with van der Waals surface area (Å²) in [6.07, 6.45) is 3.58. The predicted molar refractivity (Wildman–Crippen MR) is 128 cm³/mol. The van der Waals surface area contributed by atoms with E-state index in [2.05, 4.69) is 80.6 Å². The zero-order valence-corrected chi connectivity index (χ0v) is 18.5. The van der Waals surface area contributed by atoms with Crippen LogP contribution in [0.3, 0.4) is 0 Å². The van der Waals surface area contributed by atoms with Crippen LogP contribution in [0, 0.1) is 0 Å². The molecule has 6 heteroatoms. The van der Waals surface area contributed by atoms with Crippen LogP contribution < -0.4 is 5.32 Å². The van der Waals surface area contributed by atoms with Gasteiger partial charge in [0.15, 0.2) is 0 Å². The van der Waals surface area contributed by atoms with E-state index in [9.17, 15) is 0 Å². The summed E-state index contributed by atoms with van der Waals surface area (Å²) in [5.41, 5.74) is 5.40. The summed E-state index contributed by atoms with van der Waals surface area (Å²) in [6.45, 7) is 2.10. The Labute approximate surface area is 189 Å². The molecule has 2 aromatic heterocycles. The second kappa shape index (κ2) is 8.32. The number of anilines is 1. The predicted octanol–water partition coefficient (Wildman–Crippen LogP) is 6.42. The van der Waals surface area contributed by atoms with E-state index in [4.69, 9.17) is 4.98 Å². The van der Waals surface area contributed by atoms with E-state index in [1.807, 2.05) is 47.3 Å². The normalized spacial score (nSPS) is 12.1. The number of fused-ring (bicyclic) bond motifs is 1. The molecule has 0 amide bonds. The van der Waals surface area contributed by atoms with Gasteiger partial charge in [0.1, 0.15) is 12.1 Å². The molecule has 5 nitrogen and oxygen atoms in total.